The molecule has 3 aliphatic carbocycles. The van der Waals surface area contributed by atoms with Crippen molar-refractivity contribution in [2.24, 2.45) is 29.1 Å². The van der Waals surface area contributed by atoms with Crippen molar-refractivity contribution >= 4 is 5.78 Å². The Hall–Kier alpha value is -0.850. The van der Waals surface area contributed by atoms with E-state index in [2.05, 4.69) is 18.8 Å². The molecule has 0 saturated heterocycles. The first-order valence-corrected chi connectivity index (χ1v) is 9.42. The Morgan fingerprint density at radius 2 is 1.96 bits per heavy atom. The molecule has 0 heterocycles. The molecular weight excluding hydrogens is 288 g/mol. The molecule has 0 radical (unpaired) electrons. The number of rotatable bonds is 2. The molecule has 0 spiro atoms. The topological polar surface area (TPSA) is 57.5 Å². The Morgan fingerprint density at radius 1 is 1.26 bits per heavy atom. The predicted molar refractivity (Wildman–Crippen MR) is 89.5 cm³/mol. The number of fused-ring (bicyclic) bond motifs is 1. The van der Waals surface area contributed by atoms with Gasteiger partial charge in [-0.25, -0.2) is 0 Å². The van der Waals surface area contributed by atoms with Gasteiger partial charge < -0.3 is 10.2 Å². The Labute approximate surface area is 139 Å². The zero-order chi connectivity index (χ0) is 16.6. The van der Waals surface area contributed by atoms with E-state index < -0.39 is 12.2 Å². The number of carbonyl (C=O) groups is 1. The molecule has 23 heavy (non-hydrogen) atoms. The first kappa shape index (κ1) is 17.0. The van der Waals surface area contributed by atoms with Crippen LogP contribution < -0.4 is 0 Å². The van der Waals surface area contributed by atoms with E-state index in [9.17, 15) is 15.0 Å². The van der Waals surface area contributed by atoms with Crippen LogP contribution in [-0.2, 0) is 4.79 Å². The largest absolute Gasteiger partial charge is 0.392 e. The monoisotopic (exact) mass is 318 g/mol. The molecule has 6 atom stereocenters. The maximum atomic E-state index is 12.4. The number of ketones is 1. The molecule has 0 amide bonds. The van der Waals surface area contributed by atoms with E-state index in [1.807, 2.05) is 6.92 Å². The lowest BCUT2D eigenvalue weighted by molar-refractivity contribution is -0.173. The highest BCUT2D eigenvalue weighted by atomic mass is 16.3. The van der Waals surface area contributed by atoms with Crippen LogP contribution >= 0.6 is 0 Å². The van der Waals surface area contributed by atoms with E-state index in [0.29, 0.717) is 12.2 Å². The second-order valence-electron chi connectivity index (χ2n) is 7.95. The summed E-state index contributed by atoms with van der Waals surface area (Å²) >= 11 is 0. The van der Waals surface area contributed by atoms with Gasteiger partial charge in [0.15, 0.2) is 0 Å². The van der Waals surface area contributed by atoms with Gasteiger partial charge in [0.25, 0.3) is 0 Å². The average Bonchev–Trinajstić information content (AvgIpc) is 2.60. The molecule has 3 rings (SSSR count). The van der Waals surface area contributed by atoms with Crippen LogP contribution in [0.2, 0.25) is 0 Å². The number of aliphatic hydroxyl groups excluding tert-OH is 2. The van der Waals surface area contributed by atoms with Gasteiger partial charge in [-0.05, 0) is 43.9 Å². The fraction of sp³-hybridized carbons (Fsp3) is 0.850. The first-order chi connectivity index (χ1) is 11.0. The molecule has 128 valence electrons. The van der Waals surface area contributed by atoms with Gasteiger partial charge >= 0.3 is 0 Å². The third-order valence-electron chi connectivity index (χ3n) is 6.89. The van der Waals surface area contributed by atoms with Crippen LogP contribution in [0.4, 0.5) is 0 Å². The van der Waals surface area contributed by atoms with E-state index in [-0.39, 0.29) is 29.1 Å². The van der Waals surface area contributed by atoms with Gasteiger partial charge in [-0.1, -0.05) is 45.0 Å². The molecule has 0 bridgehead atoms. The Bertz CT molecular complexity index is 511. The Kier molecular flexibility index (Phi) is 4.85. The molecule has 0 aromatic heterocycles. The lowest BCUT2D eigenvalue weighted by Gasteiger charge is -2.58. The van der Waals surface area contributed by atoms with E-state index in [4.69, 9.17) is 0 Å². The highest BCUT2D eigenvalue weighted by Gasteiger charge is 2.63. The first-order valence-electron chi connectivity index (χ1n) is 9.42. The summed E-state index contributed by atoms with van der Waals surface area (Å²) in [4.78, 5) is 12.4. The standard InChI is InChI=1S/C20H30O3/c1-3-20-12-11-17(22)15(18(20)13(2)19(20)23)9-10-16(21)14-7-5-4-6-8-14/h13-18,21-22H,3-8,11-12H2,1-2H3/t13?,15-,16+,17+,18+,20-/m0/s1. The zero-order valence-corrected chi connectivity index (χ0v) is 14.4. The molecule has 3 heteroatoms. The van der Waals surface area contributed by atoms with Crippen molar-refractivity contribution in [2.75, 3.05) is 0 Å². The summed E-state index contributed by atoms with van der Waals surface area (Å²) in [6.07, 6.45) is 7.00. The minimum absolute atomic E-state index is 0.00368. The summed E-state index contributed by atoms with van der Waals surface area (Å²) in [7, 11) is 0. The highest BCUT2D eigenvalue weighted by molar-refractivity contribution is 5.94. The summed E-state index contributed by atoms with van der Waals surface area (Å²) in [5.74, 6) is 6.90. The third-order valence-corrected chi connectivity index (χ3v) is 6.89. The summed E-state index contributed by atoms with van der Waals surface area (Å²) in [6.45, 7) is 4.06. The smallest absolute Gasteiger partial charge is 0.142 e. The van der Waals surface area contributed by atoms with Crippen molar-refractivity contribution in [2.45, 2.75) is 77.4 Å². The maximum absolute atomic E-state index is 12.4. The van der Waals surface area contributed by atoms with Crippen LogP contribution in [-0.4, -0.2) is 28.2 Å². The maximum Gasteiger partial charge on any atom is 0.142 e. The second-order valence-corrected chi connectivity index (χ2v) is 7.95. The molecule has 2 N–H and O–H groups in total. The average molecular weight is 318 g/mol. The second kappa shape index (κ2) is 6.57. The lowest BCUT2D eigenvalue weighted by Crippen LogP contribution is -2.63. The summed E-state index contributed by atoms with van der Waals surface area (Å²) in [5, 5.41) is 20.8. The minimum Gasteiger partial charge on any atom is -0.392 e. The van der Waals surface area contributed by atoms with Crippen molar-refractivity contribution in [3.8, 4) is 11.8 Å². The molecule has 3 nitrogen and oxygen atoms in total. The van der Waals surface area contributed by atoms with Gasteiger partial charge in [-0.3, -0.25) is 4.79 Å². The summed E-state index contributed by atoms with van der Waals surface area (Å²) in [6, 6.07) is 0. The molecular formula is C20H30O3. The summed E-state index contributed by atoms with van der Waals surface area (Å²) < 4.78 is 0. The minimum atomic E-state index is -0.577. The number of aliphatic hydroxyl groups is 2. The van der Waals surface area contributed by atoms with Gasteiger partial charge in [0.05, 0.1) is 12.0 Å². The fourth-order valence-corrected chi connectivity index (χ4v) is 5.45. The SMILES string of the molecule is CC[C@]12CC[C@@H](O)[C@H](C#C[C@@H](O)C3CCCCC3)[C@H]1C(C)C2=O. The Morgan fingerprint density at radius 3 is 2.61 bits per heavy atom. The van der Waals surface area contributed by atoms with E-state index in [1.54, 1.807) is 0 Å². The van der Waals surface area contributed by atoms with Crippen LogP contribution in [0, 0.1) is 40.9 Å². The number of Topliss-reactive ketones (excluding diaryl/α,β-unsaturated/α-hetero) is 1. The van der Waals surface area contributed by atoms with E-state index >= 15 is 0 Å². The molecule has 3 fully saturated rings. The van der Waals surface area contributed by atoms with Gasteiger partial charge in [0.2, 0.25) is 0 Å². The molecule has 0 aromatic carbocycles. The van der Waals surface area contributed by atoms with Crippen LogP contribution in [0.1, 0.15) is 65.2 Å². The van der Waals surface area contributed by atoms with E-state index in [0.717, 1.165) is 25.7 Å². The number of hydrogen-bond acceptors (Lipinski definition) is 3. The van der Waals surface area contributed by atoms with Gasteiger partial charge in [0, 0.05) is 11.3 Å². The van der Waals surface area contributed by atoms with Crippen molar-refractivity contribution in [1.29, 1.82) is 0 Å². The van der Waals surface area contributed by atoms with Crippen molar-refractivity contribution in [1.82, 2.24) is 0 Å². The van der Waals surface area contributed by atoms with Gasteiger partial charge in [-0.2, -0.15) is 0 Å². The molecule has 0 aliphatic heterocycles. The van der Waals surface area contributed by atoms with Crippen LogP contribution in [0.3, 0.4) is 0 Å². The zero-order valence-electron chi connectivity index (χ0n) is 14.4. The molecule has 1 unspecified atom stereocenters. The normalized spacial score (nSPS) is 42.2. The quantitative estimate of drug-likeness (QED) is 0.770. The van der Waals surface area contributed by atoms with Crippen molar-refractivity contribution < 1.29 is 15.0 Å². The number of hydrogen-bond donors (Lipinski definition) is 2. The lowest BCUT2D eigenvalue weighted by atomic mass is 9.44. The number of carbonyl (C=O) groups excluding carboxylic acids is 1. The van der Waals surface area contributed by atoms with Gasteiger partial charge in [-0.15, -0.1) is 0 Å². The van der Waals surface area contributed by atoms with Crippen molar-refractivity contribution in [3.63, 3.8) is 0 Å². The third kappa shape index (κ3) is 2.75. The molecule has 0 aromatic rings. The Balaban J connectivity index is 1.75. The summed E-state index contributed by atoms with van der Waals surface area (Å²) in [5.41, 5.74) is -0.256. The molecule has 3 aliphatic rings. The van der Waals surface area contributed by atoms with Crippen LogP contribution in [0.5, 0.6) is 0 Å². The predicted octanol–water partition coefficient (Wildman–Crippen LogP) is 2.93. The fourth-order valence-electron chi connectivity index (χ4n) is 5.45. The van der Waals surface area contributed by atoms with Crippen molar-refractivity contribution in [3.05, 3.63) is 0 Å². The van der Waals surface area contributed by atoms with Crippen LogP contribution in [0.15, 0.2) is 0 Å². The molecule has 3 saturated carbocycles. The van der Waals surface area contributed by atoms with E-state index in [1.165, 1.54) is 19.3 Å². The van der Waals surface area contributed by atoms with Crippen LogP contribution in [0.25, 0.3) is 0 Å². The highest BCUT2D eigenvalue weighted by Crippen LogP contribution is 2.59. The van der Waals surface area contributed by atoms with Gasteiger partial charge in [0.1, 0.15) is 11.9 Å².